The fraction of sp³-hybridized carbons (Fsp3) is 0.400. The van der Waals surface area contributed by atoms with Gasteiger partial charge >= 0.3 is 5.95 Å². The monoisotopic (exact) mass is 129 g/mol. The summed E-state index contributed by atoms with van der Waals surface area (Å²) in [5.41, 5.74) is 0. The number of hydrogen-bond acceptors (Lipinski definition) is 4. The Kier molecular flexibility index (Phi) is 1.69. The van der Waals surface area contributed by atoms with Gasteiger partial charge in [0.15, 0.2) is 0 Å². The van der Waals surface area contributed by atoms with Gasteiger partial charge in [0.2, 0.25) is 5.89 Å². The van der Waals surface area contributed by atoms with E-state index in [2.05, 4.69) is 9.72 Å². The van der Waals surface area contributed by atoms with Crippen LogP contribution in [0.5, 0.6) is 5.95 Å². The molecule has 1 aromatic heterocycles. The summed E-state index contributed by atoms with van der Waals surface area (Å²) < 4.78 is 9.46. The number of nitrogens with zero attached hydrogens (tertiary/aromatic N) is 1. The third kappa shape index (κ3) is 1.20. The molecule has 0 spiro atoms. The van der Waals surface area contributed by atoms with Gasteiger partial charge in [0.1, 0.15) is 12.8 Å². The zero-order valence-electron chi connectivity index (χ0n) is 5.00. The third-order valence-electron chi connectivity index (χ3n) is 0.869. The molecule has 9 heavy (non-hydrogen) atoms. The molecular weight excluding hydrogens is 122 g/mol. The van der Waals surface area contributed by atoms with Crippen LogP contribution in [0.25, 0.3) is 0 Å². The summed E-state index contributed by atoms with van der Waals surface area (Å²) in [6.45, 7) is -0.191. The minimum Gasteiger partial charge on any atom is -0.467 e. The minimum atomic E-state index is -0.191. The zero-order valence-corrected chi connectivity index (χ0v) is 5.00. The van der Waals surface area contributed by atoms with E-state index in [9.17, 15) is 0 Å². The predicted octanol–water partition coefficient (Wildman–Crippen LogP) is 0.175. The molecule has 0 unspecified atom stereocenters. The summed E-state index contributed by atoms with van der Waals surface area (Å²) in [5, 5.41) is 8.43. The number of ether oxygens (including phenoxy) is 1. The average molecular weight is 129 g/mol. The van der Waals surface area contributed by atoms with Gasteiger partial charge in [-0.05, 0) is 0 Å². The van der Waals surface area contributed by atoms with Gasteiger partial charge in [-0.2, -0.15) is 0 Å². The molecule has 0 aliphatic heterocycles. The van der Waals surface area contributed by atoms with Gasteiger partial charge in [-0.1, -0.05) is 0 Å². The van der Waals surface area contributed by atoms with E-state index in [1.165, 1.54) is 13.3 Å². The SMILES string of the molecule is COc1cnc(CO)o1. The van der Waals surface area contributed by atoms with Crippen molar-refractivity contribution >= 4 is 0 Å². The van der Waals surface area contributed by atoms with Crippen LogP contribution < -0.4 is 4.74 Å². The zero-order chi connectivity index (χ0) is 6.69. The lowest BCUT2D eigenvalue weighted by Crippen LogP contribution is -1.79. The highest BCUT2D eigenvalue weighted by Gasteiger charge is 1.99. The standard InChI is InChI=1S/C5H7NO3/c1-8-5-2-6-4(3-7)9-5/h2,7H,3H2,1H3. The molecule has 4 nitrogen and oxygen atoms in total. The van der Waals surface area contributed by atoms with Gasteiger partial charge in [0.25, 0.3) is 0 Å². The molecular formula is C5H7NO3. The smallest absolute Gasteiger partial charge is 0.304 e. The molecule has 0 saturated heterocycles. The number of oxazole rings is 1. The summed E-state index contributed by atoms with van der Waals surface area (Å²) in [6.07, 6.45) is 1.41. The van der Waals surface area contributed by atoms with Crippen LogP contribution in [0.3, 0.4) is 0 Å². The molecule has 0 aromatic carbocycles. The number of hydrogen-bond donors (Lipinski definition) is 1. The molecule has 0 bridgehead atoms. The molecule has 0 fully saturated rings. The molecule has 0 radical (unpaired) electrons. The van der Waals surface area contributed by atoms with Crippen molar-refractivity contribution in [3.8, 4) is 5.95 Å². The summed E-state index contributed by atoms with van der Waals surface area (Å²) in [5.74, 6) is 0.589. The van der Waals surface area contributed by atoms with Crippen molar-refractivity contribution in [2.45, 2.75) is 6.61 Å². The lowest BCUT2D eigenvalue weighted by Gasteiger charge is -1.87. The van der Waals surface area contributed by atoms with Gasteiger partial charge in [0.05, 0.1) is 7.11 Å². The van der Waals surface area contributed by atoms with Crippen LogP contribution in [0.4, 0.5) is 0 Å². The molecule has 50 valence electrons. The van der Waals surface area contributed by atoms with Crippen molar-refractivity contribution in [3.63, 3.8) is 0 Å². The van der Waals surface area contributed by atoms with Crippen LogP contribution in [0, 0.1) is 0 Å². The summed E-state index contributed by atoms with van der Waals surface area (Å²) >= 11 is 0. The van der Waals surface area contributed by atoms with E-state index in [4.69, 9.17) is 9.52 Å². The van der Waals surface area contributed by atoms with E-state index in [1.807, 2.05) is 0 Å². The summed E-state index contributed by atoms with van der Waals surface area (Å²) in [4.78, 5) is 3.66. The van der Waals surface area contributed by atoms with E-state index in [0.717, 1.165) is 0 Å². The van der Waals surface area contributed by atoms with Crippen LogP contribution in [0.15, 0.2) is 10.6 Å². The fourth-order valence-corrected chi connectivity index (χ4v) is 0.461. The first-order valence-corrected chi connectivity index (χ1v) is 2.46. The first-order valence-electron chi connectivity index (χ1n) is 2.46. The highest BCUT2D eigenvalue weighted by Crippen LogP contribution is 2.10. The maximum Gasteiger partial charge on any atom is 0.304 e. The molecule has 1 N–H and O–H groups in total. The largest absolute Gasteiger partial charge is 0.467 e. The highest BCUT2D eigenvalue weighted by molar-refractivity contribution is 4.98. The van der Waals surface area contributed by atoms with E-state index in [1.54, 1.807) is 0 Å². The van der Waals surface area contributed by atoms with E-state index >= 15 is 0 Å². The Labute approximate surface area is 52.1 Å². The van der Waals surface area contributed by atoms with Gasteiger partial charge in [-0.15, -0.1) is 0 Å². The minimum absolute atomic E-state index is 0.191. The van der Waals surface area contributed by atoms with Crippen molar-refractivity contribution in [3.05, 3.63) is 12.1 Å². The lowest BCUT2D eigenvalue weighted by molar-refractivity contribution is 0.218. The molecule has 0 aliphatic carbocycles. The number of methoxy groups -OCH3 is 1. The Hall–Kier alpha value is -1.03. The van der Waals surface area contributed by atoms with Crippen molar-refractivity contribution in [1.29, 1.82) is 0 Å². The van der Waals surface area contributed by atoms with Crippen molar-refractivity contribution in [2.75, 3.05) is 7.11 Å². The third-order valence-corrected chi connectivity index (χ3v) is 0.869. The molecule has 1 heterocycles. The predicted molar refractivity (Wildman–Crippen MR) is 29.0 cm³/mol. The summed E-state index contributed by atoms with van der Waals surface area (Å²) in [6, 6.07) is 0. The Bertz CT molecular complexity index is 166. The second-order valence-corrected chi connectivity index (χ2v) is 1.44. The van der Waals surface area contributed by atoms with Crippen LogP contribution >= 0.6 is 0 Å². The van der Waals surface area contributed by atoms with Crippen molar-refractivity contribution in [1.82, 2.24) is 4.98 Å². The first-order chi connectivity index (χ1) is 4.36. The molecule has 1 rings (SSSR count). The van der Waals surface area contributed by atoms with Gasteiger partial charge in [-0.25, -0.2) is 4.98 Å². The second kappa shape index (κ2) is 2.50. The Morgan fingerprint density at radius 2 is 2.67 bits per heavy atom. The normalized spacial score (nSPS) is 9.56. The van der Waals surface area contributed by atoms with E-state index in [0.29, 0.717) is 5.95 Å². The lowest BCUT2D eigenvalue weighted by atomic mass is 10.7. The number of aromatic nitrogens is 1. The average Bonchev–Trinajstić information content (AvgIpc) is 2.34. The van der Waals surface area contributed by atoms with E-state index in [-0.39, 0.29) is 12.5 Å². The Morgan fingerprint density at radius 3 is 3.00 bits per heavy atom. The second-order valence-electron chi connectivity index (χ2n) is 1.44. The topological polar surface area (TPSA) is 55.5 Å². The highest BCUT2D eigenvalue weighted by atomic mass is 16.6. The molecule has 4 heteroatoms. The quantitative estimate of drug-likeness (QED) is 0.618. The molecule has 0 aliphatic rings. The van der Waals surface area contributed by atoms with Crippen molar-refractivity contribution < 1.29 is 14.3 Å². The molecule has 0 amide bonds. The number of rotatable bonds is 2. The Morgan fingerprint density at radius 1 is 1.89 bits per heavy atom. The Balaban J connectivity index is 2.74. The van der Waals surface area contributed by atoms with Crippen LogP contribution in [-0.2, 0) is 6.61 Å². The molecule has 0 saturated carbocycles. The van der Waals surface area contributed by atoms with Crippen LogP contribution in [0.1, 0.15) is 5.89 Å². The fourth-order valence-electron chi connectivity index (χ4n) is 0.461. The maximum atomic E-state index is 8.43. The van der Waals surface area contributed by atoms with Gasteiger partial charge < -0.3 is 14.3 Å². The van der Waals surface area contributed by atoms with Gasteiger partial charge in [0, 0.05) is 0 Å². The van der Waals surface area contributed by atoms with Crippen LogP contribution in [0.2, 0.25) is 0 Å². The maximum absolute atomic E-state index is 8.43. The number of aliphatic hydroxyl groups is 1. The first kappa shape index (κ1) is 6.10. The van der Waals surface area contributed by atoms with E-state index < -0.39 is 0 Å². The summed E-state index contributed by atoms with van der Waals surface area (Å²) in [7, 11) is 1.47. The van der Waals surface area contributed by atoms with Gasteiger partial charge in [-0.3, -0.25) is 0 Å². The molecule has 1 aromatic rings. The molecule has 0 atom stereocenters. The number of aliphatic hydroxyl groups excluding tert-OH is 1. The van der Waals surface area contributed by atoms with Crippen LogP contribution in [-0.4, -0.2) is 17.2 Å². The van der Waals surface area contributed by atoms with Crippen molar-refractivity contribution in [2.24, 2.45) is 0 Å².